The molecule has 0 spiro atoms. The third kappa shape index (κ3) is 12.6. The standard InChI is InChI=1S/C12H22O8S/c1-3-5-17-7-11(13)9-19-21(15,16)20-10-12(14)8-18-6-4-2/h3-4,11-14H,1-2,5-10H2. The highest BCUT2D eigenvalue weighted by molar-refractivity contribution is 7.81. The van der Waals surface area contributed by atoms with Crippen LogP contribution < -0.4 is 0 Å². The van der Waals surface area contributed by atoms with Crippen LogP contribution in [-0.4, -0.2) is 70.5 Å². The van der Waals surface area contributed by atoms with Gasteiger partial charge in [0.2, 0.25) is 0 Å². The molecule has 9 heteroatoms. The summed E-state index contributed by atoms with van der Waals surface area (Å²) in [5.41, 5.74) is 0. The van der Waals surface area contributed by atoms with Crippen molar-refractivity contribution in [2.24, 2.45) is 0 Å². The van der Waals surface area contributed by atoms with Gasteiger partial charge in [0.15, 0.2) is 0 Å². The SMILES string of the molecule is C=CCOCC(O)COS(=O)(=O)OCC(O)COCC=C. The van der Waals surface area contributed by atoms with E-state index in [1.165, 1.54) is 12.2 Å². The minimum absolute atomic E-state index is 0.0977. The van der Waals surface area contributed by atoms with Crippen LogP contribution >= 0.6 is 0 Å². The van der Waals surface area contributed by atoms with Gasteiger partial charge in [0.1, 0.15) is 12.2 Å². The molecule has 0 bridgehead atoms. The van der Waals surface area contributed by atoms with Gasteiger partial charge in [-0.1, -0.05) is 12.2 Å². The molecule has 0 amide bonds. The number of hydrogen-bond acceptors (Lipinski definition) is 8. The third-order valence-electron chi connectivity index (χ3n) is 1.90. The van der Waals surface area contributed by atoms with Crippen molar-refractivity contribution in [3.05, 3.63) is 25.3 Å². The molecule has 8 nitrogen and oxygen atoms in total. The Kier molecular flexibility index (Phi) is 11.4. The lowest BCUT2D eigenvalue weighted by molar-refractivity contribution is 0.00639. The molecule has 0 rings (SSSR count). The van der Waals surface area contributed by atoms with E-state index in [4.69, 9.17) is 9.47 Å². The summed E-state index contributed by atoms with van der Waals surface area (Å²) in [6.45, 7) is 6.08. The van der Waals surface area contributed by atoms with Crippen LogP contribution in [0.5, 0.6) is 0 Å². The molecule has 0 aliphatic carbocycles. The molecule has 21 heavy (non-hydrogen) atoms. The second-order valence-electron chi connectivity index (χ2n) is 3.94. The van der Waals surface area contributed by atoms with Gasteiger partial charge in [-0.2, -0.15) is 8.42 Å². The minimum atomic E-state index is -4.30. The van der Waals surface area contributed by atoms with Crippen molar-refractivity contribution in [3.8, 4) is 0 Å². The molecule has 124 valence electrons. The summed E-state index contributed by atoms with van der Waals surface area (Å²) >= 11 is 0. The molecule has 0 aromatic rings. The second kappa shape index (κ2) is 11.8. The molecule has 2 atom stereocenters. The zero-order valence-corrected chi connectivity index (χ0v) is 12.5. The van der Waals surface area contributed by atoms with E-state index in [1.54, 1.807) is 0 Å². The van der Waals surface area contributed by atoms with Gasteiger partial charge in [-0.05, 0) is 0 Å². The quantitative estimate of drug-likeness (QED) is 0.321. The van der Waals surface area contributed by atoms with E-state index >= 15 is 0 Å². The average molecular weight is 326 g/mol. The van der Waals surface area contributed by atoms with E-state index < -0.39 is 35.8 Å². The first-order valence-electron chi connectivity index (χ1n) is 6.18. The van der Waals surface area contributed by atoms with Gasteiger partial charge < -0.3 is 19.7 Å². The normalized spacial score (nSPS) is 14.6. The lowest BCUT2D eigenvalue weighted by Gasteiger charge is -2.13. The predicted octanol–water partition coefficient (Wildman–Crippen LogP) is -0.609. The van der Waals surface area contributed by atoms with E-state index in [1.807, 2.05) is 0 Å². The van der Waals surface area contributed by atoms with Crippen molar-refractivity contribution in [1.82, 2.24) is 0 Å². The molecule has 0 aliphatic heterocycles. The van der Waals surface area contributed by atoms with Crippen LogP contribution in [0.3, 0.4) is 0 Å². The van der Waals surface area contributed by atoms with Gasteiger partial charge in [0, 0.05) is 0 Å². The summed E-state index contributed by atoms with van der Waals surface area (Å²) in [6.07, 6.45) is 0.736. The van der Waals surface area contributed by atoms with Crippen molar-refractivity contribution in [3.63, 3.8) is 0 Å². The van der Waals surface area contributed by atoms with Crippen LogP contribution in [0.15, 0.2) is 25.3 Å². The first-order chi connectivity index (χ1) is 9.91. The number of aliphatic hydroxyl groups is 2. The Morgan fingerprint density at radius 3 is 1.57 bits per heavy atom. The largest absolute Gasteiger partial charge is 0.400 e. The number of hydrogen-bond donors (Lipinski definition) is 2. The van der Waals surface area contributed by atoms with Crippen molar-refractivity contribution < 1.29 is 36.5 Å². The van der Waals surface area contributed by atoms with Gasteiger partial charge in [-0.15, -0.1) is 13.2 Å². The lowest BCUT2D eigenvalue weighted by atomic mass is 10.4. The highest BCUT2D eigenvalue weighted by Gasteiger charge is 2.17. The summed E-state index contributed by atoms with van der Waals surface area (Å²) in [5, 5.41) is 18.8. The second-order valence-corrected chi connectivity index (χ2v) is 5.23. The van der Waals surface area contributed by atoms with Crippen molar-refractivity contribution in [2.45, 2.75) is 12.2 Å². The van der Waals surface area contributed by atoms with Crippen LogP contribution in [0, 0.1) is 0 Å². The third-order valence-corrected chi connectivity index (χ3v) is 2.75. The molecule has 0 fully saturated rings. The number of aliphatic hydroxyl groups excluding tert-OH is 2. The summed E-state index contributed by atoms with van der Waals surface area (Å²) in [4.78, 5) is 0. The lowest BCUT2D eigenvalue weighted by Crippen LogP contribution is -2.28. The smallest absolute Gasteiger partial charge is 0.388 e. The predicted molar refractivity (Wildman–Crippen MR) is 74.9 cm³/mol. The fourth-order valence-electron chi connectivity index (χ4n) is 1.03. The summed E-state index contributed by atoms with van der Waals surface area (Å²) in [5.74, 6) is 0. The summed E-state index contributed by atoms with van der Waals surface area (Å²) in [7, 11) is -4.30. The van der Waals surface area contributed by atoms with Gasteiger partial charge in [0.25, 0.3) is 0 Å². The zero-order valence-electron chi connectivity index (χ0n) is 11.7. The van der Waals surface area contributed by atoms with E-state index in [9.17, 15) is 18.6 Å². The minimum Gasteiger partial charge on any atom is -0.388 e. The Hall–Kier alpha value is -0.810. The highest BCUT2D eigenvalue weighted by Crippen LogP contribution is 2.00. The van der Waals surface area contributed by atoms with Gasteiger partial charge in [-0.3, -0.25) is 0 Å². The van der Waals surface area contributed by atoms with Gasteiger partial charge in [0.05, 0.1) is 39.6 Å². The first kappa shape index (κ1) is 20.2. The van der Waals surface area contributed by atoms with E-state index in [2.05, 4.69) is 21.5 Å². The topological polar surface area (TPSA) is 112 Å². The Balaban J connectivity index is 3.86. The molecular weight excluding hydrogens is 304 g/mol. The molecule has 2 unspecified atom stereocenters. The Morgan fingerprint density at radius 2 is 1.24 bits per heavy atom. The van der Waals surface area contributed by atoms with Crippen molar-refractivity contribution in [2.75, 3.05) is 39.6 Å². The van der Waals surface area contributed by atoms with E-state index in [0.29, 0.717) is 0 Å². The monoisotopic (exact) mass is 326 g/mol. The molecular formula is C12H22O8S. The van der Waals surface area contributed by atoms with Crippen molar-refractivity contribution >= 4 is 10.4 Å². The maximum Gasteiger partial charge on any atom is 0.400 e. The van der Waals surface area contributed by atoms with Crippen molar-refractivity contribution in [1.29, 1.82) is 0 Å². The Labute approximate surface area is 124 Å². The molecule has 0 aromatic heterocycles. The molecule has 0 heterocycles. The molecule has 0 saturated heterocycles. The van der Waals surface area contributed by atoms with E-state index in [-0.39, 0.29) is 26.4 Å². The van der Waals surface area contributed by atoms with Gasteiger partial charge in [-0.25, -0.2) is 8.37 Å². The van der Waals surface area contributed by atoms with Crippen LogP contribution in [-0.2, 0) is 28.2 Å². The van der Waals surface area contributed by atoms with Crippen LogP contribution in [0.2, 0.25) is 0 Å². The van der Waals surface area contributed by atoms with Crippen LogP contribution in [0.1, 0.15) is 0 Å². The Morgan fingerprint density at radius 1 is 0.857 bits per heavy atom. The summed E-state index contributed by atoms with van der Waals surface area (Å²) < 4.78 is 41.3. The van der Waals surface area contributed by atoms with Gasteiger partial charge >= 0.3 is 10.4 Å². The molecule has 0 saturated carbocycles. The molecule has 2 N–H and O–H groups in total. The van der Waals surface area contributed by atoms with Crippen LogP contribution in [0.4, 0.5) is 0 Å². The fraction of sp³-hybridized carbons (Fsp3) is 0.667. The fourth-order valence-corrected chi connectivity index (χ4v) is 1.74. The van der Waals surface area contributed by atoms with Crippen LogP contribution in [0.25, 0.3) is 0 Å². The maximum absolute atomic E-state index is 11.3. The Bertz CT molecular complexity index is 351. The molecule has 0 aliphatic rings. The summed E-state index contributed by atoms with van der Waals surface area (Å²) in [6, 6.07) is 0. The van der Waals surface area contributed by atoms with E-state index in [0.717, 1.165) is 0 Å². The molecule has 0 radical (unpaired) electrons. The number of ether oxygens (including phenoxy) is 2. The first-order valence-corrected chi connectivity index (χ1v) is 7.51. The molecule has 0 aromatic carbocycles. The zero-order chi connectivity index (χ0) is 16.1. The maximum atomic E-state index is 11.3. The highest BCUT2D eigenvalue weighted by atomic mass is 32.3. The average Bonchev–Trinajstić information content (AvgIpc) is 2.44. The number of rotatable bonds is 14.